The average Bonchev–Trinajstić information content (AvgIpc) is 2.37. The second-order valence-electron chi connectivity index (χ2n) is 3.41. The maximum Gasteiger partial charge on any atom is 0.490 e. The minimum absolute atomic E-state index is 0.0914. The molecule has 0 amide bonds. The van der Waals surface area contributed by atoms with Gasteiger partial charge in [-0.3, -0.25) is 0 Å². The smallest absolute Gasteiger partial charge is 0.490 e. The minimum Gasteiger partial charge on any atom is -0.504 e. The molecule has 0 aliphatic rings. The van der Waals surface area contributed by atoms with Crippen LogP contribution in [0, 0.1) is 0 Å². The molecular weight excluding hydrogens is 281 g/mol. The molecule has 0 atom stereocenters. The van der Waals surface area contributed by atoms with Gasteiger partial charge in [-0.05, 0) is 6.07 Å². The fourth-order valence-corrected chi connectivity index (χ4v) is 1.16. The largest absolute Gasteiger partial charge is 0.504 e. The molecule has 9 heteroatoms. The normalized spacial score (nSPS) is 10.6. The van der Waals surface area contributed by atoms with E-state index in [9.17, 15) is 18.3 Å². The van der Waals surface area contributed by atoms with Gasteiger partial charge in [0.2, 0.25) is 0 Å². The van der Waals surface area contributed by atoms with E-state index in [4.69, 9.17) is 14.6 Å². The predicted molar refractivity (Wildman–Crippen MR) is 61.4 cm³/mol. The first kappa shape index (κ1) is 15.5. The van der Waals surface area contributed by atoms with Crippen LogP contribution in [0.3, 0.4) is 0 Å². The van der Waals surface area contributed by atoms with Crippen LogP contribution in [-0.2, 0) is 4.79 Å². The third-order valence-corrected chi connectivity index (χ3v) is 2.05. The Morgan fingerprint density at radius 2 is 1.95 bits per heavy atom. The topological polar surface area (TPSA) is 92.5 Å². The van der Waals surface area contributed by atoms with Gasteiger partial charge in [-0.1, -0.05) is 0 Å². The van der Waals surface area contributed by atoms with E-state index in [1.54, 1.807) is 18.3 Å². The van der Waals surface area contributed by atoms with Crippen molar-refractivity contribution in [3.8, 4) is 11.5 Å². The average molecular weight is 290 g/mol. The molecule has 1 aromatic carbocycles. The molecule has 0 unspecified atom stereocenters. The van der Waals surface area contributed by atoms with Gasteiger partial charge in [0, 0.05) is 17.6 Å². The lowest BCUT2D eigenvalue weighted by Gasteiger charge is -2.03. The molecule has 1 aromatic heterocycles. The number of fused-ring (bicyclic) bond motifs is 1. The number of nitrogens with zero attached hydrogens (tertiary/aromatic N) is 2. The van der Waals surface area contributed by atoms with Crippen LogP contribution in [0.2, 0.25) is 0 Å². The lowest BCUT2D eigenvalue weighted by Crippen LogP contribution is -2.21. The van der Waals surface area contributed by atoms with E-state index in [2.05, 4.69) is 9.97 Å². The molecule has 0 bridgehead atoms. The van der Waals surface area contributed by atoms with Crippen LogP contribution in [0.25, 0.3) is 10.9 Å². The Morgan fingerprint density at radius 3 is 2.45 bits per heavy atom. The first-order chi connectivity index (χ1) is 9.25. The molecule has 0 saturated heterocycles. The van der Waals surface area contributed by atoms with E-state index >= 15 is 0 Å². The van der Waals surface area contributed by atoms with Crippen LogP contribution in [0.4, 0.5) is 13.2 Å². The van der Waals surface area contributed by atoms with Crippen molar-refractivity contribution in [1.82, 2.24) is 9.97 Å². The molecule has 0 fully saturated rings. The molecule has 20 heavy (non-hydrogen) atoms. The van der Waals surface area contributed by atoms with E-state index in [0.717, 1.165) is 5.39 Å². The number of phenolic OH excluding ortho intramolecular Hbond substituents is 1. The Morgan fingerprint density at radius 1 is 1.35 bits per heavy atom. The molecule has 0 aliphatic carbocycles. The van der Waals surface area contributed by atoms with E-state index in [1.165, 1.54) is 13.4 Å². The molecule has 2 rings (SSSR count). The number of aliphatic carboxylic acids is 1. The number of ether oxygens (including phenoxy) is 1. The summed E-state index contributed by atoms with van der Waals surface area (Å²) in [5, 5.41) is 17.4. The van der Waals surface area contributed by atoms with Gasteiger partial charge in [0.15, 0.2) is 11.5 Å². The Bertz CT molecular complexity index is 616. The first-order valence-electron chi connectivity index (χ1n) is 5.02. The number of hydrogen-bond acceptors (Lipinski definition) is 5. The highest BCUT2D eigenvalue weighted by atomic mass is 19.4. The highest BCUT2D eigenvalue weighted by Crippen LogP contribution is 2.29. The molecular formula is C11H9F3N2O4. The number of aromatic hydroxyl groups is 1. The summed E-state index contributed by atoms with van der Waals surface area (Å²) in [6, 6.07) is 3.25. The monoisotopic (exact) mass is 290 g/mol. The van der Waals surface area contributed by atoms with Crippen molar-refractivity contribution in [2.24, 2.45) is 0 Å². The number of carbonyl (C=O) groups is 1. The lowest BCUT2D eigenvalue weighted by molar-refractivity contribution is -0.192. The van der Waals surface area contributed by atoms with Crippen molar-refractivity contribution in [2.45, 2.75) is 6.18 Å². The fraction of sp³-hybridized carbons (Fsp3) is 0.182. The van der Waals surface area contributed by atoms with Crippen LogP contribution in [0.15, 0.2) is 24.7 Å². The molecule has 0 saturated carbocycles. The summed E-state index contributed by atoms with van der Waals surface area (Å²) in [4.78, 5) is 16.8. The van der Waals surface area contributed by atoms with Crippen molar-refractivity contribution < 1.29 is 32.9 Å². The van der Waals surface area contributed by atoms with E-state index in [-0.39, 0.29) is 5.75 Å². The number of benzene rings is 1. The SMILES string of the molecule is COc1cc2cncnc2cc1O.O=C(O)C(F)(F)F. The van der Waals surface area contributed by atoms with Gasteiger partial charge < -0.3 is 14.9 Å². The standard InChI is InChI=1S/C9H8N2O2.C2HF3O2/c1-13-9-2-6-4-10-5-11-7(6)3-8(9)12;3-2(4,5)1(6)7/h2-5,12H,1H3;(H,6,7). The summed E-state index contributed by atoms with van der Waals surface area (Å²) < 4.78 is 36.7. The summed E-state index contributed by atoms with van der Waals surface area (Å²) in [7, 11) is 1.50. The lowest BCUT2D eigenvalue weighted by atomic mass is 10.2. The number of rotatable bonds is 1. The molecule has 6 nitrogen and oxygen atoms in total. The van der Waals surface area contributed by atoms with Crippen molar-refractivity contribution in [3.63, 3.8) is 0 Å². The van der Waals surface area contributed by atoms with Gasteiger partial charge in [-0.15, -0.1) is 0 Å². The number of carboxylic acids is 1. The maximum atomic E-state index is 10.6. The number of aromatic nitrogens is 2. The second-order valence-corrected chi connectivity index (χ2v) is 3.41. The van der Waals surface area contributed by atoms with Gasteiger partial charge in [0.1, 0.15) is 6.33 Å². The zero-order valence-electron chi connectivity index (χ0n) is 10.0. The summed E-state index contributed by atoms with van der Waals surface area (Å²) in [6.45, 7) is 0. The van der Waals surface area contributed by atoms with Crippen LogP contribution < -0.4 is 4.74 Å². The highest BCUT2D eigenvalue weighted by molar-refractivity contribution is 5.81. The number of carboxylic acid groups (broad SMARTS) is 1. The first-order valence-corrected chi connectivity index (χ1v) is 5.02. The molecule has 2 N–H and O–H groups in total. The van der Waals surface area contributed by atoms with Gasteiger partial charge in [0.25, 0.3) is 0 Å². The Labute approximate surface area is 110 Å². The van der Waals surface area contributed by atoms with Crippen molar-refractivity contribution in [3.05, 3.63) is 24.7 Å². The number of hydrogen-bond donors (Lipinski definition) is 2. The van der Waals surface area contributed by atoms with Crippen molar-refractivity contribution >= 4 is 16.9 Å². The van der Waals surface area contributed by atoms with Gasteiger partial charge in [-0.2, -0.15) is 13.2 Å². The second kappa shape index (κ2) is 6.04. The summed E-state index contributed by atoms with van der Waals surface area (Å²) in [5.74, 6) is -2.23. The third kappa shape index (κ3) is 3.97. The minimum atomic E-state index is -5.08. The van der Waals surface area contributed by atoms with Crippen LogP contribution in [0.1, 0.15) is 0 Å². The summed E-state index contributed by atoms with van der Waals surface area (Å²) >= 11 is 0. The van der Waals surface area contributed by atoms with Gasteiger partial charge >= 0.3 is 12.1 Å². The van der Waals surface area contributed by atoms with E-state index < -0.39 is 12.1 Å². The van der Waals surface area contributed by atoms with Gasteiger partial charge in [-0.25, -0.2) is 14.8 Å². The van der Waals surface area contributed by atoms with Crippen LogP contribution in [-0.4, -0.2) is 39.4 Å². The fourth-order valence-electron chi connectivity index (χ4n) is 1.16. The quantitative estimate of drug-likeness (QED) is 0.834. The zero-order chi connectivity index (χ0) is 15.3. The van der Waals surface area contributed by atoms with Crippen LogP contribution >= 0.6 is 0 Å². The molecule has 1 heterocycles. The maximum absolute atomic E-state index is 10.6. The van der Waals surface area contributed by atoms with E-state index in [0.29, 0.717) is 11.3 Å². The molecule has 0 aliphatic heterocycles. The number of alkyl halides is 3. The summed E-state index contributed by atoms with van der Waals surface area (Å²) in [6.07, 6.45) is -1.97. The number of methoxy groups -OCH3 is 1. The molecule has 0 spiro atoms. The predicted octanol–water partition coefficient (Wildman–Crippen LogP) is 1.98. The molecule has 2 aromatic rings. The molecule has 108 valence electrons. The summed E-state index contributed by atoms with van der Waals surface area (Å²) in [5.41, 5.74) is 0.702. The third-order valence-electron chi connectivity index (χ3n) is 2.05. The number of halogens is 3. The Hall–Kier alpha value is -2.58. The van der Waals surface area contributed by atoms with Crippen molar-refractivity contribution in [2.75, 3.05) is 7.11 Å². The van der Waals surface area contributed by atoms with Gasteiger partial charge in [0.05, 0.1) is 12.6 Å². The zero-order valence-corrected chi connectivity index (χ0v) is 10.0. The van der Waals surface area contributed by atoms with E-state index in [1.807, 2.05) is 0 Å². The Balaban J connectivity index is 0.000000246. The number of phenols is 1. The van der Waals surface area contributed by atoms with Crippen LogP contribution in [0.5, 0.6) is 11.5 Å². The molecule has 0 radical (unpaired) electrons. The Kier molecular flexibility index (Phi) is 4.68. The van der Waals surface area contributed by atoms with Crippen molar-refractivity contribution in [1.29, 1.82) is 0 Å². The highest BCUT2D eigenvalue weighted by Gasteiger charge is 2.38.